The Balaban J connectivity index is 2.42. The third-order valence-electron chi connectivity index (χ3n) is 3.48. The summed E-state index contributed by atoms with van der Waals surface area (Å²) in [6.07, 6.45) is -1.62. The van der Waals surface area contributed by atoms with Crippen molar-refractivity contribution in [3.63, 3.8) is 0 Å². The number of phosphoric ester groups is 1. The molecule has 1 N–H and O–H groups in total. The van der Waals surface area contributed by atoms with E-state index < -0.39 is 29.6 Å². The van der Waals surface area contributed by atoms with Crippen molar-refractivity contribution in [3.05, 3.63) is 79.9 Å². The van der Waals surface area contributed by atoms with Gasteiger partial charge in [-0.2, -0.15) is 0 Å². The molecule has 142 valence electrons. The highest BCUT2D eigenvalue weighted by molar-refractivity contribution is 7.47. The predicted molar refractivity (Wildman–Crippen MR) is 91.2 cm³/mol. The Morgan fingerprint density at radius 1 is 1.00 bits per heavy atom. The molecule has 0 aromatic heterocycles. The summed E-state index contributed by atoms with van der Waals surface area (Å²) < 4.78 is 21.0. The summed E-state index contributed by atoms with van der Waals surface area (Å²) in [6.45, 7) is 0. The molecule has 0 aliphatic rings. The number of non-ortho nitro benzene ring substituents is 2. The quantitative estimate of drug-likeness (QED) is 0.306. The molecule has 0 fully saturated rings. The largest absolute Gasteiger partial charge is 0.472 e. The van der Waals surface area contributed by atoms with Gasteiger partial charge >= 0.3 is 7.82 Å². The molecule has 0 bridgehead atoms. The van der Waals surface area contributed by atoms with Gasteiger partial charge < -0.3 is 4.89 Å². The van der Waals surface area contributed by atoms with Crippen molar-refractivity contribution in [3.8, 4) is 0 Å². The Kier molecular flexibility index (Phi) is 6.13. The molecule has 2 rings (SSSR count). The van der Waals surface area contributed by atoms with Crippen LogP contribution in [0.4, 0.5) is 11.4 Å². The highest BCUT2D eigenvalue weighted by atomic mass is 31.2. The predicted octanol–water partition coefficient (Wildman–Crippen LogP) is 3.19. The molecule has 2 aromatic rings. The van der Waals surface area contributed by atoms with Crippen LogP contribution in [-0.2, 0) is 13.6 Å². The Labute approximate surface area is 152 Å². The van der Waals surface area contributed by atoms with E-state index in [1.165, 1.54) is 12.1 Å². The Morgan fingerprint density at radius 3 is 1.85 bits per heavy atom. The fourth-order valence-electron chi connectivity index (χ4n) is 2.11. The van der Waals surface area contributed by atoms with Crippen molar-refractivity contribution >= 4 is 25.0 Å². The monoisotopic (exact) mass is 396 g/mol. The number of carbonyl (C=O) groups is 1. The van der Waals surface area contributed by atoms with Gasteiger partial charge in [0.2, 0.25) is 0 Å². The molecule has 2 aromatic carbocycles. The van der Waals surface area contributed by atoms with Gasteiger partial charge in [0.15, 0.2) is 11.9 Å². The summed E-state index contributed by atoms with van der Waals surface area (Å²) >= 11 is 0. The van der Waals surface area contributed by atoms with E-state index in [9.17, 15) is 34.5 Å². The van der Waals surface area contributed by atoms with Gasteiger partial charge in [-0.15, -0.1) is 0 Å². The lowest BCUT2D eigenvalue weighted by atomic mass is 9.99. The average Bonchev–Trinajstić information content (AvgIpc) is 2.66. The smallest absolute Gasteiger partial charge is 0.302 e. The zero-order valence-corrected chi connectivity index (χ0v) is 14.6. The molecule has 0 spiro atoms. The average molecular weight is 396 g/mol. The fourth-order valence-corrected chi connectivity index (χ4v) is 2.68. The molecule has 2 unspecified atom stereocenters. The van der Waals surface area contributed by atoms with E-state index in [2.05, 4.69) is 4.52 Å². The Hall–Kier alpha value is -2.98. The van der Waals surface area contributed by atoms with E-state index in [4.69, 9.17) is 4.52 Å². The number of rotatable bonds is 8. The van der Waals surface area contributed by atoms with Gasteiger partial charge in [-0.25, -0.2) is 4.57 Å². The van der Waals surface area contributed by atoms with Gasteiger partial charge in [-0.3, -0.25) is 34.1 Å². The summed E-state index contributed by atoms with van der Waals surface area (Å²) in [4.78, 5) is 42.5. The molecular formula is C15H13N2O9P. The van der Waals surface area contributed by atoms with Crippen molar-refractivity contribution in [1.29, 1.82) is 0 Å². The molecule has 0 saturated carbocycles. The summed E-state index contributed by atoms with van der Waals surface area (Å²) in [7, 11) is -3.68. The molecule has 0 aliphatic carbocycles. The molecule has 0 radical (unpaired) electrons. The van der Waals surface area contributed by atoms with E-state index in [0.29, 0.717) is 0 Å². The maximum absolute atomic E-state index is 12.7. The van der Waals surface area contributed by atoms with Crippen LogP contribution in [0.3, 0.4) is 0 Å². The van der Waals surface area contributed by atoms with Gasteiger partial charge in [0.1, 0.15) is 0 Å². The first-order valence-electron chi connectivity index (χ1n) is 7.24. The zero-order chi connectivity index (χ0) is 20.2. The first-order valence-corrected chi connectivity index (χ1v) is 8.74. The first kappa shape index (κ1) is 20.3. The van der Waals surface area contributed by atoms with Crippen LogP contribution in [0, 0.1) is 20.2 Å². The number of nitro groups is 2. The molecule has 0 saturated heterocycles. The van der Waals surface area contributed by atoms with Crippen molar-refractivity contribution in [2.24, 2.45) is 0 Å². The summed E-state index contributed by atoms with van der Waals surface area (Å²) in [6, 6.07) is 9.11. The van der Waals surface area contributed by atoms with Crippen LogP contribution in [0.1, 0.15) is 22.0 Å². The maximum Gasteiger partial charge on any atom is 0.472 e. The Morgan fingerprint density at radius 2 is 1.44 bits per heavy atom. The fraction of sp³-hybridized carbons (Fsp3) is 0.133. The number of nitro benzene ring substituents is 2. The van der Waals surface area contributed by atoms with E-state index in [1.807, 2.05) is 0 Å². The van der Waals surface area contributed by atoms with Crippen LogP contribution in [0.2, 0.25) is 0 Å². The Bertz CT molecular complexity index is 912. The van der Waals surface area contributed by atoms with E-state index in [-0.39, 0.29) is 22.5 Å². The second kappa shape index (κ2) is 8.14. The summed E-state index contributed by atoms with van der Waals surface area (Å²) in [5.74, 6) is -0.787. The van der Waals surface area contributed by atoms with Gasteiger partial charge in [-0.1, -0.05) is 0 Å². The molecule has 0 heterocycles. The highest BCUT2D eigenvalue weighted by Gasteiger charge is 2.32. The minimum Gasteiger partial charge on any atom is -0.302 e. The van der Waals surface area contributed by atoms with Crippen LogP contribution in [0.5, 0.6) is 0 Å². The maximum atomic E-state index is 12.7. The highest BCUT2D eigenvalue weighted by Crippen LogP contribution is 2.47. The van der Waals surface area contributed by atoms with Crippen LogP contribution >= 0.6 is 7.82 Å². The third kappa shape index (κ3) is 5.02. The molecule has 2 atom stereocenters. The number of ketones is 1. The molecule has 11 nitrogen and oxygen atoms in total. The molecule has 27 heavy (non-hydrogen) atoms. The van der Waals surface area contributed by atoms with Crippen molar-refractivity contribution in [2.45, 2.75) is 6.10 Å². The lowest BCUT2D eigenvalue weighted by Crippen LogP contribution is -2.16. The van der Waals surface area contributed by atoms with Crippen LogP contribution in [0.25, 0.3) is 0 Å². The van der Waals surface area contributed by atoms with Crippen LogP contribution < -0.4 is 0 Å². The van der Waals surface area contributed by atoms with Crippen molar-refractivity contribution in [2.75, 3.05) is 7.11 Å². The topological polar surface area (TPSA) is 159 Å². The van der Waals surface area contributed by atoms with Crippen molar-refractivity contribution in [1.82, 2.24) is 0 Å². The first-order chi connectivity index (χ1) is 12.6. The number of nitrogens with zero attached hydrogens (tertiary/aromatic N) is 2. The number of carbonyl (C=O) groups excluding carboxylic acids is 1. The molecule has 0 aliphatic heterocycles. The normalized spacial score (nSPS) is 14.1. The van der Waals surface area contributed by atoms with Gasteiger partial charge in [0.05, 0.1) is 9.85 Å². The lowest BCUT2D eigenvalue weighted by molar-refractivity contribution is -0.385. The number of Topliss-reactive ketones (excluding diaryl/α,β-unsaturated/α-hetero) is 1. The standard InChI is InChI=1S/C15H13N2O9P/c1-25-27(23,24)26-15(11-4-8-13(9-5-11)17(21)22)14(18)10-2-6-12(7-3-10)16(19)20/h2-9,15H,1H3,(H,23,24). The van der Waals surface area contributed by atoms with Crippen LogP contribution in [0.15, 0.2) is 48.5 Å². The zero-order valence-electron chi connectivity index (χ0n) is 13.8. The summed E-state index contributed by atoms with van der Waals surface area (Å²) in [5.41, 5.74) is -0.460. The molecular weight excluding hydrogens is 383 g/mol. The summed E-state index contributed by atoms with van der Waals surface area (Å²) in [5, 5.41) is 21.5. The third-order valence-corrected chi connectivity index (χ3v) is 4.42. The number of phosphoric acid groups is 1. The minimum atomic E-state index is -4.59. The van der Waals surface area contributed by atoms with Gasteiger partial charge in [-0.05, 0) is 29.8 Å². The van der Waals surface area contributed by atoms with Gasteiger partial charge in [0.25, 0.3) is 11.4 Å². The molecule has 12 heteroatoms. The minimum absolute atomic E-state index is 0.0277. The second-order valence-corrected chi connectivity index (χ2v) is 6.67. The number of benzene rings is 2. The second-order valence-electron chi connectivity index (χ2n) is 5.15. The van der Waals surface area contributed by atoms with E-state index >= 15 is 0 Å². The van der Waals surface area contributed by atoms with Crippen LogP contribution in [-0.4, -0.2) is 27.6 Å². The van der Waals surface area contributed by atoms with E-state index in [0.717, 1.165) is 43.5 Å². The van der Waals surface area contributed by atoms with Gasteiger partial charge in [0, 0.05) is 36.9 Å². The molecule has 0 amide bonds. The lowest BCUT2D eigenvalue weighted by Gasteiger charge is -2.19. The van der Waals surface area contributed by atoms with Crippen molar-refractivity contribution < 1.29 is 33.1 Å². The SMILES string of the molecule is COP(=O)(O)OC(C(=O)c1ccc([N+](=O)[O-])cc1)c1ccc([N+](=O)[O-])cc1. The number of hydrogen-bond donors (Lipinski definition) is 1. The van der Waals surface area contributed by atoms with E-state index in [1.54, 1.807) is 0 Å². The number of hydrogen-bond acceptors (Lipinski definition) is 8.